The summed E-state index contributed by atoms with van der Waals surface area (Å²) in [6, 6.07) is 0. The number of hydrogen-bond acceptors (Lipinski definition) is 5. The highest BCUT2D eigenvalue weighted by Crippen LogP contribution is 2.28. The van der Waals surface area contributed by atoms with Gasteiger partial charge in [-0.05, 0) is 18.8 Å². The van der Waals surface area contributed by atoms with Crippen molar-refractivity contribution in [2.24, 2.45) is 11.8 Å². The van der Waals surface area contributed by atoms with E-state index < -0.39 is 37.5 Å². The summed E-state index contributed by atoms with van der Waals surface area (Å²) in [4.78, 5) is 11.1. The molecule has 0 saturated carbocycles. The number of carboxylic acid groups (broad SMARTS) is 1. The van der Waals surface area contributed by atoms with Crippen LogP contribution < -0.4 is 0 Å². The summed E-state index contributed by atoms with van der Waals surface area (Å²) in [5.74, 6) is -2.82. The van der Waals surface area contributed by atoms with E-state index in [0.29, 0.717) is 6.42 Å². The predicted molar refractivity (Wildman–Crippen MR) is 66.8 cm³/mol. The Morgan fingerprint density at radius 3 is 2.44 bits per heavy atom. The Hall–Kier alpha value is -0.630. The molecule has 0 radical (unpaired) electrons. The van der Waals surface area contributed by atoms with Crippen LogP contribution in [-0.2, 0) is 24.5 Å². The molecule has 1 fully saturated rings. The third-order valence-electron chi connectivity index (χ3n) is 3.33. The first-order chi connectivity index (χ1) is 8.17. The molecule has 1 aliphatic rings. The molecule has 8 heteroatoms. The standard InChI is InChI=1S/C10H18O6S2/c1-2-17(13,14)6-4-9(10(11)12)8-3-5-18(15,16)7-8/h8-9H,2-7H2,1H3,(H,11,12). The van der Waals surface area contributed by atoms with Gasteiger partial charge in [-0.2, -0.15) is 0 Å². The van der Waals surface area contributed by atoms with Gasteiger partial charge < -0.3 is 5.11 Å². The number of hydrogen-bond donors (Lipinski definition) is 1. The summed E-state index contributed by atoms with van der Waals surface area (Å²) in [6.45, 7) is 1.51. The molecule has 106 valence electrons. The Balaban J connectivity index is 2.71. The molecule has 18 heavy (non-hydrogen) atoms. The summed E-state index contributed by atoms with van der Waals surface area (Å²) in [5, 5.41) is 9.08. The second kappa shape index (κ2) is 5.56. The van der Waals surface area contributed by atoms with E-state index in [1.54, 1.807) is 0 Å². The smallest absolute Gasteiger partial charge is 0.306 e. The number of sulfone groups is 2. The van der Waals surface area contributed by atoms with Gasteiger partial charge in [-0.1, -0.05) is 6.92 Å². The molecule has 0 bridgehead atoms. The molecule has 1 heterocycles. The van der Waals surface area contributed by atoms with E-state index in [1.807, 2.05) is 0 Å². The van der Waals surface area contributed by atoms with Crippen molar-refractivity contribution in [1.82, 2.24) is 0 Å². The van der Waals surface area contributed by atoms with Crippen LogP contribution in [0.1, 0.15) is 19.8 Å². The van der Waals surface area contributed by atoms with Crippen LogP contribution >= 0.6 is 0 Å². The fourth-order valence-electron chi connectivity index (χ4n) is 2.15. The van der Waals surface area contributed by atoms with Gasteiger partial charge in [0.1, 0.15) is 9.84 Å². The number of rotatable bonds is 6. The summed E-state index contributed by atoms with van der Waals surface area (Å²) in [5.41, 5.74) is 0. The SMILES string of the molecule is CCS(=O)(=O)CCC(C(=O)O)C1CCS(=O)(=O)C1. The minimum atomic E-state index is -3.22. The Bertz CT molecular complexity index is 504. The molecule has 0 spiro atoms. The molecule has 2 atom stereocenters. The van der Waals surface area contributed by atoms with Crippen LogP contribution in [0, 0.1) is 11.8 Å². The molecule has 1 N–H and O–H groups in total. The third kappa shape index (κ3) is 4.24. The summed E-state index contributed by atoms with van der Waals surface area (Å²) in [6.07, 6.45) is 0.303. The van der Waals surface area contributed by atoms with Crippen LogP contribution in [0.3, 0.4) is 0 Å². The topological polar surface area (TPSA) is 106 Å². The Labute approximate surface area is 107 Å². The van der Waals surface area contributed by atoms with Crippen molar-refractivity contribution in [3.8, 4) is 0 Å². The molecule has 0 amide bonds. The van der Waals surface area contributed by atoms with Gasteiger partial charge in [0.2, 0.25) is 0 Å². The average Bonchev–Trinajstić information content (AvgIpc) is 2.58. The van der Waals surface area contributed by atoms with Crippen molar-refractivity contribution in [3.05, 3.63) is 0 Å². The maximum Gasteiger partial charge on any atom is 0.306 e. The highest BCUT2D eigenvalue weighted by atomic mass is 32.2. The van der Waals surface area contributed by atoms with E-state index >= 15 is 0 Å². The van der Waals surface area contributed by atoms with Gasteiger partial charge in [0, 0.05) is 5.75 Å². The van der Waals surface area contributed by atoms with E-state index in [9.17, 15) is 21.6 Å². The highest BCUT2D eigenvalue weighted by molar-refractivity contribution is 7.91. The van der Waals surface area contributed by atoms with Gasteiger partial charge in [-0.25, -0.2) is 16.8 Å². The van der Waals surface area contributed by atoms with E-state index in [2.05, 4.69) is 0 Å². The van der Waals surface area contributed by atoms with Crippen molar-refractivity contribution in [2.75, 3.05) is 23.0 Å². The van der Waals surface area contributed by atoms with Crippen LogP contribution in [0.15, 0.2) is 0 Å². The average molecular weight is 298 g/mol. The second-order valence-electron chi connectivity index (χ2n) is 4.63. The molecule has 1 aliphatic heterocycles. The minimum Gasteiger partial charge on any atom is -0.481 e. The Morgan fingerprint density at radius 1 is 1.44 bits per heavy atom. The molecule has 0 aromatic heterocycles. The zero-order valence-electron chi connectivity index (χ0n) is 10.2. The fraction of sp³-hybridized carbons (Fsp3) is 0.900. The van der Waals surface area contributed by atoms with E-state index in [1.165, 1.54) is 6.92 Å². The first-order valence-corrected chi connectivity index (χ1v) is 9.45. The Kier molecular flexibility index (Phi) is 4.77. The molecule has 0 aromatic carbocycles. The quantitative estimate of drug-likeness (QED) is 0.737. The van der Waals surface area contributed by atoms with E-state index in [-0.39, 0.29) is 29.4 Å². The van der Waals surface area contributed by atoms with Crippen LogP contribution in [-0.4, -0.2) is 50.9 Å². The molecule has 1 rings (SSSR count). The van der Waals surface area contributed by atoms with Gasteiger partial charge in [-0.3, -0.25) is 4.79 Å². The fourth-order valence-corrected chi connectivity index (χ4v) is 4.93. The molecule has 6 nitrogen and oxygen atoms in total. The highest BCUT2D eigenvalue weighted by Gasteiger charge is 2.37. The normalized spacial score (nSPS) is 24.8. The number of aliphatic carboxylic acids is 1. The maximum absolute atomic E-state index is 11.4. The lowest BCUT2D eigenvalue weighted by Gasteiger charge is -2.17. The minimum absolute atomic E-state index is 0.00196. The van der Waals surface area contributed by atoms with E-state index in [4.69, 9.17) is 5.11 Å². The lowest BCUT2D eigenvalue weighted by molar-refractivity contribution is -0.143. The first kappa shape index (κ1) is 15.4. The van der Waals surface area contributed by atoms with E-state index in [0.717, 1.165) is 0 Å². The van der Waals surface area contributed by atoms with Crippen LogP contribution in [0.4, 0.5) is 0 Å². The molecule has 2 unspecified atom stereocenters. The zero-order valence-corrected chi connectivity index (χ0v) is 11.8. The maximum atomic E-state index is 11.4. The summed E-state index contributed by atoms with van der Waals surface area (Å²) in [7, 11) is -6.37. The monoisotopic (exact) mass is 298 g/mol. The molecular weight excluding hydrogens is 280 g/mol. The Morgan fingerprint density at radius 2 is 2.06 bits per heavy atom. The number of carbonyl (C=O) groups is 1. The van der Waals surface area contributed by atoms with Crippen molar-refractivity contribution in [1.29, 1.82) is 0 Å². The third-order valence-corrected chi connectivity index (χ3v) is 6.86. The molecular formula is C10H18O6S2. The predicted octanol–water partition coefficient (Wildman–Crippen LogP) is -0.0533. The van der Waals surface area contributed by atoms with Crippen molar-refractivity contribution in [2.45, 2.75) is 19.8 Å². The molecule has 0 aromatic rings. The molecule has 1 saturated heterocycles. The summed E-state index contributed by atoms with van der Waals surface area (Å²) >= 11 is 0. The van der Waals surface area contributed by atoms with Crippen molar-refractivity contribution < 1.29 is 26.7 Å². The van der Waals surface area contributed by atoms with Crippen molar-refractivity contribution >= 4 is 25.6 Å². The summed E-state index contributed by atoms with van der Waals surface area (Å²) < 4.78 is 45.3. The largest absolute Gasteiger partial charge is 0.481 e. The van der Waals surface area contributed by atoms with Gasteiger partial charge >= 0.3 is 5.97 Å². The first-order valence-electron chi connectivity index (χ1n) is 5.80. The lowest BCUT2D eigenvalue weighted by atomic mass is 9.90. The van der Waals surface area contributed by atoms with Gasteiger partial charge in [0.25, 0.3) is 0 Å². The van der Waals surface area contributed by atoms with Crippen LogP contribution in [0.2, 0.25) is 0 Å². The second-order valence-corrected chi connectivity index (χ2v) is 9.33. The van der Waals surface area contributed by atoms with Gasteiger partial charge in [0.05, 0.1) is 23.2 Å². The number of carboxylic acids is 1. The zero-order chi connectivity index (χ0) is 14.0. The van der Waals surface area contributed by atoms with Gasteiger partial charge in [0.15, 0.2) is 9.84 Å². The van der Waals surface area contributed by atoms with Crippen LogP contribution in [0.5, 0.6) is 0 Å². The van der Waals surface area contributed by atoms with Crippen LogP contribution in [0.25, 0.3) is 0 Å². The van der Waals surface area contributed by atoms with Gasteiger partial charge in [-0.15, -0.1) is 0 Å². The van der Waals surface area contributed by atoms with Crippen molar-refractivity contribution in [3.63, 3.8) is 0 Å². The molecule has 0 aliphatic carbocycles. The lowest BCUT2D eigenvalue weighted by Crippen LogP contribution is -2.27.